The van der Waals surface area contributed by atoms with Crippen LogP contribution >= 0.6 is 0 Å². The van der Waals surface area contributed by atoms with Crippen molar-refractivity contribution < 1.29 is 33.3 Å². The highest BCUT2D eigenvalue weighted by Crippen LogP contribution is 2.34. The van der Waals surface area contributed by atoms with Gasteiger partial charge in [0.1, 0.15) is 17.1 Å². The topological polar surface area (TPSA) is 92.3 Å². The first-order chi connectivity index (χ1) is 13.0. The van der Waals surface area contributed by atoms with Crippen LogP contribution in [0.1, 0.15) is 17.3 Å². The molecule has 0 radical (unpaired) electrons. The quantitative estimate of drug-likeness (QED) is 0.778. The van der Waals surface area contributed by atoms with Gasteiger partial charge in [-0.3, -0.25) is 4.79 Å². The van der Waals surface area contributed by atoms with Crippen LogP contribution in [0.25, 0.3) is 0 Å². The summed E-state index contributed by atoms with van der Waals surface area (Å²) in [7, 11) is 2.94. The standard InChI is InChI=1S/C19H19NO7/c1-11(18(21)20-12-4-7-15-17(8-12)26-10-25-15)27-19(22)14-6-5-13(23-2)9-16(14)24-3/h4-9,11H,10H2,1-3H3,(H,20,21)/t11-/m0/s1. The third-order valence-electron chi connectivity index (χ3n) is 3.92. The normalized spacial score (nSPS) is 12.9. The molecule has 0 saturated carbocycles. The number of esters is 1. The number of methoxy groups -OCH3 is 2. The van der Waals surface area contributed by atoms with Gasteiger partial charge in [-0.25, -0.2) is 4.79 Å². The maximum Gasteiger partial charge on any atom is 0.342 e. The first-order valence-corrected chi connectivity index (χ1v) is 8.15. The van der Waals surface area contributed by atoms with E-state index in [1.807, 2.05) is 0 Å². The molecule has 1 N–H and O–H groups in total. The molecule has 142 valence electrons. The van der Waals surface area contributed by atoms with Crippen LogP contribution in [0, 0.1) is 0 Å². The van der Waals surface area contributed by atoms with Crippen LogP contribution in [-0.4, -0.2) is 39.0 Å². The van der Waals surface area contributed by atoms with Crippen molar-refractivity contribution in [3.05, 3.63) is 42.0 Å². The molecular formula is C19H19NO7. The van der Waals surface area contributed by atoms with Gasteiger partial charge in [0.15, 0.2) is 17.6 Å². The number of anilines is 1. The summed E-state index contributed by atoms with van der Waals surface area (Å²) in [5, 5.41) is 2.67. The summed E-state index contributed by atoms with van der Waals surface area (Å²) in [5.74, 6) is 0.830. The van der Waals surface area contributed by atoms with Crippen LogP contribution in [0.4, 0.5) is 5.69 Å². The molecule has 0 fully saturated rings. The van der Waals surface area contributed by atoms with Crippen LogP contribution in [0.3, 0.4) is 0 Å². The Morgan fingerprint density at radius 2 is 1.81 bits per heavy atom. The SMILES string of the molecule is COc1ccc(C(=O)O[C@@H](C)C(=O)Nc2ccc3c(c2)OCO3)c(OC)c1. The summed E-state index contributed by atoms with van der Waals surface area (Å²) >= 11 is 0. The zero-order valence-electron chi connectivity index (χ0n) is 15.1. The second-order valence-electron chi connectivity index (χ2n) is 5.67. The van der Waals surface area contributed by atoms with Crippen molar-refractivity contribution in [3.63, 3.8) is 0 Å². The molecule has 27 heavy (non-hydrogen) atoms. The van der Waals surface area contributed by atoms with Gasteiger partial charge in [-0.05, 0) is 31.2 Å². The molecule has 0 saturated heterocycles. The Hall–Kier alpha value is -3.42. The molecule has 8 heteroatoms. The number of carbonyl (C=O) groups excluding carboxylic acids is 2. The predicted molar refractivity (Wildman–Crippen MR) is 95.6 cm³/mol. The smallest absolute Gasteiger partial charge is 0.342 e. The lowest BCUT2D eigenvalue weighted by atomic mass is 10.2. The minimum atomic E-state index is -1.02. The van der Waals surface area contributed by atoms with Crippen LogP contribution in [0.2, 0.25) is 0 Å². The molecule has 0 unspecified atom stereocenters. The molecular weight excluding hydrogens is 354 g/mol. The Kier molecular flexibility index (Phi) is 5.35. The predicted octanol–water partition coefficient (Wildman–Crippen LogP) is 2.62. The fraction of sp³-hybridized carbons (Fsp3) is 0.263. The summed E-state index contributed by atoms with van der Waals surface area (Å²) in [6, 6.07) is 9.69. The van der Waals surface area contributed by atoms with Gasteiger partial charge in [-0.15, -0.1) is 0 Å². The van der Waals surface area contributed by atoms with E-state index in [0.29, 0.717) is 28.7 Å². The largest absolute Gasteiger partial charge is 0.497 e. The van der Waals surface area contributed by atoms with E-state index in [0.717, 1.165) is 0 Å². The minimum Gasteiger partial charge on any atom is -0.497 e. The van der Waals surface area contributed by atoms with Gasteiger partial charge < -0.3 is 29.0 Å². The zero-order chi connectivity index (χ0) is 19.4. The van der Waals surface area contributed by atoms with E-state index in [4.69, 9.17) is 23.7 Å². The van der Waals surface area contributed by atoms with E-state index < -0.39 is 18.0 Å². The maximum absolute atomic E-state index is 12.4. The molecule has 2 aromatic carbocycles. The van der Waals surface area contributed by atoms with Crippen molar-refractivity contribution in [2.24, 2.45) is 0 Å². The molecule has 1 heterocycles. The second kappa shape index (κ2) is 7.86. The highest BCUT2D eigenvalue weighted by atomic mass is 16.7. The van der Waals surface area contributed by atoms with E-state index >= 15 is 0 Å². The van der Waals surface area contributed by atoms with Gasteiger partial charge in [-0.1, -0.05) is 0 Å². The third kappa shape index (κ3) is 4.05. The molecule has 1 atom stereocenters. The number of ether oxygens (including phenoxy) is 5. The first-order valence-electron chi connectivity index (χ1n) is 8.15. The lowest BCUT2D eigenvalue weighted by molar-refractivity contribution is -0.123. The lowest BCUT2D eigenvalue weighted by Gasteiger charge is -2.15. The van der Waals surface area contributed by atoms with E-state index in [-0.39, 0.29) is 12.4 Å². The Labute approximate surface area is 155 Å². The molecule has 8 nitrogen and oxygen atoms in total. The van der Waals surface area contributed by atoms with E-state index in [1.54, 1.807) is 30.3 Å². The zero-order valence-corrected chi connectivity index (χ0v) is 15.1. The number of benzene rings is 2. The average Bonchev–Trinajstić information content (AvgIpc) is 3.15. The molecule has 3 rings (SSSR count). The summed E-state index contributed by atoms with van der Waals surface area (Å²) in [6.07, 6.45) is -1.02. The molecule has 0 aromatic heterocycles. The van der Waals surface area contributed by atoms with E-state index in [9.17, 15) is 9.59 Å². The van der Waals surface area contributed by atoms with Crippen molar-refractivity contribution >= 4 is 17.6 Å². The third-order valence-corrected chi connectivity index (χ3v) is 3.92. The van der Waals surface area contributed by atoms with Gasteiger partial charge in [-0.2, -0.15) is 0 Å². The van der Waals surface area contributed by atoms with Crippen LogP contribution < -0.4 is 24.3 Å². The number of rotatable bonds is 6. The Morgan fingerprint density at radius 1 is 1.04 bits per heavy atom. The molecule has 0 bridgehead atoms. The van der Waals surface area contributed by atoms with Gasteiger partial charge in [0, 0.05) is 17.8 Å². The van der Waals surface area contributed by atoms with Gasteiger partial charge in [0.25, 0.3) is 5.91 Å². The highest BCUT2D eigenvalue weighted by Gasteiger charge is 2.22. The lowest BCUT2D eigenvalue weighted by Crippen LogP contribution is -2.30. The molecule has 1 aliphatic heterocycles. The van der Waals surface area contributed by atoms with E-state index in [2.05, 4.69) is 5.32 Å². The van der Waals surface area contributed by atoms with Crippen molar-refractivity contribution in [2.45, 2.75) is 13.0 Å². The van der Waals surface area contributed by atoms with Crippen molar-refractivity contribution in [1.82, 2.24) is 0 Å². The molecule has 0 spiro atoms. The fourth-order valence-electron chi connectivity index (χ4n) is 2.46. The maximum atomic E-state index is 12.4. The number of amides is 1. The molecule has 1 aliphatic rings. The summed E-state index contributed by atoms with van der Waals surface area (Å²) < 4.78 is 26.0. The summed E-state index contributed by atoms with van der Waals surface area (Å²) in [5.41, 5.74) is 0.704. The Morgan fingerprint density at radius 3 is 2.56 bits per heavy atom. The molecule has 0 aliphatic carbocycles. The van der Waals surface area contributed by atoms with Crippen molar-refractivity contribution in [3.8, 4) is 23.0 Å². The average molecular weight is 373 g/mol. The number of nitrogens with one attached hydrogen (secondary N) is 1. The Bertz CT molecular complexity index is 865. The summed E-state index contributed by atoms with van der Waals surface area (Å²) in [4.78, 5) is 24.7. The number of carbonyl (C=O) groups is 2. The van der Waals surface area contributed by atoms with Gasteiger partial charge >= 0.3 is 5.97 Å². The van der Waals surface area contributed by atoms with Crippen LogP contribution in [-0.2, 0) is 9.53 Å². The van der Waals surface area contributed by atoms with Crippen LogP contribution in [0.5, 0.6) is 23.0 Å². The highest BCUT2D eigenvalue weighted by molar-refractivity contribution is 5.98. The second-order valence-corrected chi connectivity index (χ2v) is 5.67. The monoisotopic (exact) mass is 373 g/mol. The van der Waals surface area contributed by atoms with Crippen molar-refractivity contribution in [2.75, 3.05) is 26.3 Å². The Balaban J connectivity index is 1.65. The fourth-order valence-corrected chi connectivity index (χ4v) is 2.46. The van der Waals surface area contributed by atoms with Gasteiger partial charge in [0.05, 0.1) is 14.2 Å². The molecule has 2 aromatic rings. The first kappa shape index (κ1) is 18.4. The van der Waals surface area contributed by atoms with Crippen LogP contribution in [0.15, 0.2) is 36.4 Å². The molecule has 1 amide bonds. The summed E-state index contributed by atoms with van der Waals surface area (Å²) in [6.45, 7) is 1.63. The van der Waals surface area contributed by atoms with E-state index in [1.165, 1.54) is 27.2 Å². The van der Waals surface area contributed by atoms with Crippen molar-refractivity contribution in [1.29, 1.82) is 0 Å². The van der Waals surface area contributed by atoms with Gasteiger partial charge in [0.2, 0.25) is 6.79 Å². The number of hydrogen-bond acceptors (Lipinski definition) is 7. The minimum absolute atomic E-state index is 0.143. The number of hydrogen-bond donors (Lipinski definition) is 1. The number of fused-ring (bicyclic) bond motifs is 1.